The summed E-state index contributed by atoms with van der Waals surface area (Å²) < 4.78 is 11.6. The number of anilines is 2. The molecule has 0 aliphatic carbocycles. The second-order valence-corrected chi connectivity index (χ2v) is 7.74. The average Bonchev–Trinajstić information content (AvgIpc) is 2.64. The molecule has 0 saturated heterocycles. The highest BCUT2D eigenvalue weighted by Gasteiger charge is 2.31. The number of benzene rings is 2. The maximum Gasteiger partial charge on any atom is 0.267 e. The van der Waals surface area contributed by atoms with Gasteiger partial charge >= 0.3 is 0 Å². The van der Waals surface area contributed by atoms with Crippen LogP contribution in [0.3, 0.4) is 0 Å². The van der Waals surface area contributed by atoms with Crippen molar-refractivity contribution < 1.29 is 19.1 Å². The van der Waals surface area contributed by atoms with Gasteiger partial charge in [0.05, 0.1) is 12.2 Å². The van der Waals surface area contributed by atoms with Crippen LogP contribution in [0.4, 0.5) is 11.4 Å². The Balaban J connectivity index is 1.74. The van der Waals surface area contributed by atoms with E-state index in [1.807, 2.05) is 45.0 Å². The van der Waals surface area contributed by atoms with Gasteiger partial charge in [0.1, 0.15) is 18.1 Å². The summed E-state index contributed by atoms with van der Waals surface area (Å²) in [6.45, 7) is 8.47. The van der Waals surface area contributed by atoms with Crippen LogP contribution in [-0.2, 0) is 9.59 Å². The fourth-order valence-electron chi connectivity index (χ4n) is 3.26. The SMILES string of the molecule is Cc1cccc(OCCN2C(=O)C(C)Oc3ccc(NC(=O)CC(C)C)cc32)c1. The molecule has 1 atom stereocenters. The molecule has 0 saturated carbocycles. The highest BCUT2D eigenvalue weighted by atomic mass is 16.5. The quantitative estimate of drug-likeness (QED) is 0.763. The van der Waals surface area contributed by atoms with Gasteiger partial charge < -0.3 is 19.7 Å². The van der Waals surface area contributed by atoms with Gasteiger partial charge in [-0.25, -0.2) is 0 Å². The summed E-state index contributed by atoms with van der Waals surface area (Å²) in [5.74, 6) is 1.48. The van der Waals surface area contributed by atoms with Crippen molar-refractivity contribution >= 4 is 23.2 Å². The predicted molar refractivity (Wildman–Crippen MR) is 114 cm³/mol. The van der Waals surface area contributed by atoms with Crippen molar-refractivity contribution in [3.63, 3.8) is 0 Å². The van der Waals surface area contributed by atoms with Gasteiger partial charge in [-0.05, 0) is 55.7 Å². The Labute approximate surface area is 171 Å². The van der Waals surface area contributed by atoms with Crippen molar-refractivity contribution in [2.24, 2.45) is 5.92 Å². The molecule has 2 amide bonds. The standard InChI is InChI=1S/C23H28N2O4/c1-15(2)12-22(26)24-18-8-9-21-20(14-18)25(23(27)17(4)29-21)10-11-28-19-7-5-6-16(3)13-19/h5-9,13-15,17H,10-12H2,1-4H3,(H,24,26). The molecule has 3 rings (SSSR count). The topological polar surface area (TPSA) is 67.9 Å². The van der Waals surface area contributed by atoms with Gasteiger partial charge in [-0.3, -0.25) is 9.59 Å². The Morgan fingerprint density at radius 2 is 2.03 bits per heavy atom. The summed E-state index contributed by atoms with van der Waals surface area (Å²) in [4.78, 5) is 26.5. The van der Waals surface area contributed by atoms with Gasteiger partial charge in [0.25, 0.3) is 5.91 Å². The van der Waals surface area contributed by atoms with Gasteiger partial charge in [-0.2, -0.15) is 0 Å². The molecule has 1 aliphatic heterocycles. The van der Waals surface area contributed by atoms with Crippen molar-refractivity contribution in [1.82, 2.24) is 0 Å². The molecular weight excluding hydrogens is 368 g/mol. The van der Waals surface area contributed by atoms with E-state index in [4.69, 9.17) is 9.47 Å². The zero-order chi connectivity index (χ0) is 21.0. The number of carbonyl (C=O) groups excluding carboxylic acids is 2. The summed E-state index contributed by atoms with van der Waals surface area (Å²) >= 11 is 0. The number of carbonyl (C=O) groups is 2. The smallest absolute Gasteiger partial charge is 0.267 e. The first-order chi connectivity index (χ1) is 13.8. The van der Waals surface area contributed by atoms with E-state index in [1.165, 1.54) is 0 Å². The lowest BCUT2D eigenvalue weighted by Gasteiger charge is -2.33. The first-order valence-electron chi connectivity index (χ1n) is 9.95. The van der Waals surface area contributed by atoms with E-state index in [-0.39, 0.29) is 17.7 Å². The first-order valence-corrected chi connectivity index (χ1v) is 9.95. The minimum absolute atomic E-state index is 0.0503. The largest absolute Gasteiger partial charge is 0.492 e. The second-order valence-electron chi connectivity index (χ2n) is 7.74. The minimum Gasteiger partial charge on any atom is -0.492 e. The van der Waals surface area contributed by atoms with Gasteiger partial charge in [-0.1, -0.05) is 26.0 Å². The van der Waals surface area contributed by atoms with Gasteiger partial charge in [-0.15, -0.1) is 0 Å². The van der Waals surface area contributed by atoms with Crippen molar-refractivity contribution in [1.29, 1.82) is 0 Å². The third kappa shape index (κ3) is 5.28. The van der Waals surface area contributed by atoms with Gasteiger partial charge in [0.2, 0.25) is 5.91 Å². The summed E-state index contributed by atoms with van der Waals surface area (Å²) in [5, 5.41) is 2.89. The zero-order valence-electron chi connectivity index (χ0n) is 17.4. The summed E-state index contributed by atoms with van der Waals surface area (Å²) in [7, 11) is 0. The molecule has 1 aliphatic rings. The van der Waals surface area contributed by atoms with E-state index >= 15 is 0 Å². The fourth-order valence-corrected chi connectivity index (χ4v) is 3.26. The second kappa shape index (κ2) is 8.99. The van der Waals surface area contributed by atoms with Crippen LogP contribution in [0.25, 0.3) is 0 Å². The van der Waals surface area contributed by atoms with E-state index in [9.17, 15) is 9.59 Å². The Kier molecular flexibility index (Phi) is 6.42. The third-order valence-corrected chi connectivity index (χ3v) is 4.62. The highest BCUT2D eigenvalue weighted by Crippen LogP contribution is 2.36. The van der Waals surface area contributed by atoms with E-state index in [2.05, 4.69) is 5.32 Å². The molecule has 6 nitrogen and oxygen atoms in total. The average molecular weight is 396 g/mol. The number of rotatable bonds is 7. The van der Waals surface area contributed by atoms with Crippen LogP contribution < -0.4 is 19.7 Å². The zero-order valence-corrected chi connectivity index (χ0v) is 17.4. The molecule has 154 valence electrons. The van der Waals surface area contributed by atoms with Gasteiger partial charge in [0.15, 0.2) is 6.10 Å². The van der Waals surface area contributed by atoms with E-state index in [0.717, 1.165) is 11.3 Å². The van der Waals surface area contributed by atoms with Crippen molar-refractivity contribution in [2.75, 3.05) is 23.4 Å². The molecule has 0 radical (unpaired) electrons. The molecule has 6 heteroatoms. The minimum atomic E-state index is -0.567. The molecule has 29 heavy (non-hydrogen) atoms. The normalized spacial score (nSPS) is 15.7. The van der Waals surface area contributed by atoms with Crippen LogP contribution in [0.2, 0.25) is 0 Å². The van der Waals surface area contributed by atoms with E-state index in [0.29, 0.717) is 36.7 Å². The van der Waals surface area contributed by atoms with Crippen LogP contribution in [0.15, 0.2) is 42.5 Å². The fraction of sp³-hybridized carbons (Fsp3) is 0.391. The lowest BCUT2D eigenvalue weighted by Crippen LogP contribution is -2.46. The predicted octanol–water partition coefficient (Wildman–Crippen LogP) is 4.17. The van der Waals surface area contributed by atoms with Gasteiger partial charge in [0, 0.05) is 12.1 Å². The van der Waals surface area contributed by atoms with Crippen molar-refractivity contribution in [2.45, 2.75) is 40.2 Å². The summed E-state index contributed by atoms with van der Waals surface area (Å²) in [6, 6.07) is 13.2. The number of hydrogen-bond acceptors (Lipinski definition) is 4. The number of ether oxygens (including phenoxy) is 2. The lowest BCUT2D eigenvalue weighted by atomic mass is 10.1. The number of fused-ring (bicyclic) bond motifs is 1. The van der Waals surface area contributed by atoms with Crippen LogP contribution in [0, 0.1) is 12.8 Å². The van der Waals surface area contributed by atoms with Crippen LogP contribution in [0.5, 0.6) is 11.5 Å². The Bertz CT molecular complexity index is 894. The Hall–Kier alpha value is -3.02. The first kappa shape index (κ1) is 20.7. The summed E-state index contributed by atoms with van der Waals surface area (Å²) in [6.07, 6.45) is -0.125. The van der Waals surface area contributed by atoms with E-state index < -0.39 is 6.10 Å². The van der Waals surface area contributed by atoms with Crippen LogP contribution in [-0.4, -0.2) is 31.1 Å². The van der Waals surface area contributed by atoms with Crippen molar-refractivity contribution in [3.05, 3.63) is 48.0 Å². The Morgan fingerprint density at radius 3 is 2.76 bits per heavy atom. The lowest BCUT2D eigenvalue weighted by molar-refractivity contribution is -0.125. The molecule has 1 unspecified atom stereocenters. The molecule has 1 heterocycles. The number of nitrogens with zero attached hydrogens (tertiary/aromatic N) is 1. The molecular formula is C23H28N2O4. The number of aryl methyl sites for hydroxylation is 1. The van der Waals surface area contributed by atoms with Crippen LogP contribution in [0.1, 0.15) is 32.8 Å². The Morgan fingerprint density at radius 1 is 1.24 bits per heavy atom. The molecule has 2 aromatic carbocycles. The number of hydrogen-bond donors (Lipinski definition) is 1. The molecule has 0 spiro atoms. The van der Waals surface area contributed by atoms with Crippen molar-refractivity contribution in [3.8, 4) is 11.5 Å². The number of amides is 2. The number of nitrogens with one attached hydrogen (secondary N) is 1. The molecule has 2 aromatic rings. The highest BCUT2D eigenvalue weighted by molar-refractivity contribution is 6.01. The van der Waals surface area contributed by atoms with E-state index in [1.54, 1.807) is 30.0 Å². The molecule has 0 bridgehead atoms. The third-order valence-electron chi connectivity index (χ3n) is 4.62. The molecule has 1 N–H and O–H groups in total. The molecule has 0 aromatic heterocycles. The summed E-state index contributed by atoms with van der Waals surface area (Å²) in [5.41, 5.74) is 2.40. The maximum absolute atomic E-state index is 12.7. The maximum atomic E-state index is 12.7. The van der Waals surface area contributed by atoms with Crippen LogP contribution >= 0.6 is 0 Å². The monoisotopic (exact) mass is 396 g/mol. The molecule has 0 fully saturated rings.